The van der Waals surface area contributed by atoms with Crippen LogP contribution >= 0.6 is 11.3 Å². The molecule has 2 fully saturated rings. The van der Waals surface area contributed by atoms with E-state index in [-0.39, 0.29) is 6.61 Å². The highest BCUT2D eigenvalue weighted by Crippen LogP contribution is 2.41. The second-order valence-electron chi connectivity index (χ2n) is 8.03. The number of aryl methyl sites for hydroxylation is 2. The zero-order chi connectivity index (χ0) is 18.2. The second-order valence-corrected chi connectivity index (χ2v) is 9.11. The van der Waals surface area contributed by atoms with Crippen molar-refractivity contribution in [1.82, 2.24) is 14.9 Å². The van der Waals surface area contributed by atoms with Crippen molar-refractivity contribution in [2.24, 2.45) is 5.92 Å². The molecule has 27 heavy (non-hydrogen) atoms. The number of nitrogens with zero attached hydrogens (tertiary/aromatic N) is 4. The SMILES string of the molecule is OC[C@H]1CCCN(c2nc(CN3CCOCC3)nc3sc4c(c23)CCC4)C1. The van der Waals surface area contributed by atoms with Gasteiger partial charge in [0.05, 0.1) is 25.1 Å². The van der Waals surface area contributed by atoms with E-state index in [1.165, 1.54) is 33.5 Å². The molecule has 0 amide bonds. The molecule has 146 valence electrons. The molecule has 1 aliphatic carbocycles. The summed E-state index contributed by atoms with van der Waals surface area (Å²) in [6.45, 7) is 6.51. The summed E-state index contributed by atoms with van der Waals surface area (Å²) in [5, 5.41) is 11.0. The second kappa shape index (κ2) is 7.62. The van der Waals surface area contributed by atoms with Crippen LogP contribution in [0.25, 0.3) is 10.2 Å². The first-order valence-corrected chi connectivity index (χ1v) is 11.1. The maximum Gasteiger partial charge on any atom is 0.146 e. The van der Waals surface area contributed by atoms with Crippen molar-refractivity contribution in [2.75, 3.05) is 50.9 Å². The lowest BCUT2D eigenvalue weighted by Crippen LogP contribution is -2.38. The van der Waals surface area contributed by atoms with Crippen LogP contribution < -0.4 is 4.90 Å². The van der Waals surface area contributed by atoms with Gasteiger partial charge in [-0.05, 0) is 43.6 Å². The zero-order valence-corrected chi connectivity index (χ0v) is 16.6. The molecule has 0 spiro atoms. The first kappa shape index (κ1) is 17.8. The molecule has 7 heteroatoms. The van der Waals surface area contributed by atoms with Gasteiger partial charge in [0.2, 0.25) is 0 Å². The summed E-state index contributed by atoms with van der Waals surface area (Å²) in [6, 6.07) is 0. The van der Waals surface area contributed by atoms with Gasteiger partial charge in [-0.15, -0.1) is 11.3 Å². The first-order chi connectivity index (χ1) is 13.3. The molecule has 2 aromatic heterocycles. The summed E-state index contributed by atoms with van der Waals surface area (Å²) in [5.74, 6) is 2.42. The topological polar surface area (TPSA) is 61.7 Å². The first-order valence-electron chi connectivity index (χ1n) is 10.3. The van der Waals surface area contributed by atoms with E-state index in [0.29, 0.717) is 5.92 Å². The maximum absolute atomic E-state index is 9.68. The van der Waals surface area contributed by atoms with Crippen LogP contribution in [0.4, 0.5) is 5.82 Å². The number of hydrogen-bond acceptors (Lipinski definition) is 7. The Morgan fingerprint density at radius 2 is 2.00 bits per heavy atom. The number of thiophene rings is 1. The van der Waals surface area contributed by atoms with Gasteiger partial charge in [0, 0.05) is 37.7 Å². The quantitative estimate of drug-likeness (QED) is 0.867. The number of anilines is 1. The summed E-state index contributed by atoms with van der Waals surface area (Å²) in [5.41, 5.74) is 1.49. The summed E-state index contributed by atoms with van der Waals surface area (Å²) >= 11 is 1.88. The Morgan fingerprint density at radius 1 is 1.11 bits per heavy atom. The molecular weight excluding hydrogens is 360 g/mol. The Hall–Kier alpha value is -1.28. The van der Waals surface area contributed by atoms with E-state index in [1.807, 2.05) is 11.3 Å². The summed E-state index contributed by atoms with van der Waals surface area (Å²) in [6.07, 6.45) is 5.84. The lowest BCUT2D eigenvalue weighted by molar-refractivity contribution is 0.0331. The van der Waals surface area contributed by atoms with Gasteiger partial charge in [0.15, 0.2) is 0 Å². The molecule has 1 atom stereocenters. The van der Waals surface area contributed by atoms with E-state index >= 15 is 0 Å². The number of aromatic nitrogens is 2. The van der Waals surface area contributed by atoms with E-state index in [2.05, 4.69) is 9.80 Å². The summed E-state index contributed by atoms with van der Waals surface area (Å²) in [4.78, 5) is 17.6. The molecule has 6 nitrogen and oxygen atoms in total. The number of aliphatic hydroxyl groups excluding tert-OH is 1. The molecule has 0 saturated carbocycles. The van der Waals surface area contributed by atoms with Crippen molar-refractivity contribution in [1.29, 1.82) is 0 Å². The largest absolute Gasteiger partial charge is 0.396 e. The van der Waals surface area contributed by atoms with Crippen molar-refractivity contribution >= 4 is 27.4 Å². The monoisotopic (exact) mass is 388 g/mol. The number of aliphatic hydroxyl groups is 1. The van der Waals surface area contributed by atoms with Crippen molar-refractivity contribution in [3.05, 3.63) is 16.3 Å². The molecular formula is C20H28N4O2S. The molecule has 4 heterocycles. The van der Waals surface area contributed by atoms with E-state index < -0.39 is 0 Å². The standard InChI is InChI=1S/C20H28N4O2S/c25-13-14-3-2-6-24(11-14)19-18-15-4-1-5-16(15)27-20(18)22-17(21-19)12-23-7-9-26-10-8-23/h14,25H,1-13H2/t14-/m0/s1. The number of piperidine rings is 1. The number of morpholine rings is 1. The highest BCUT2D eigenvalue weighted by molar-refractivity contribution is 7.19. The normalized spacial score (nSPS) is 23.9. The maximum atomic E-state index is 9.68. The van der Waals surface area contributed by atoms with Gasteiger partial charge in [0.25, 0.3) is 0 Å². The minimum absolute atomic E-state index is 0.271. The third kappa shape index (κ3) is 3.46. The molecule has 0 unspecified atom stereocenters. The third-order valence-electron chi connectivity index (χ3n) is 6.14. The average Bonchev–Trinajstić information content (AvgIpc) is 3.29. The lowest BCUT2D eigenvalue weighted by Gasteiger charge is -2.33. The van der Waals surface area contributed by atoms with Crippen molar-refractivity contribution in [3.8, 4) is 0 Å². The van der Waals surface area contributed by atoms with Gasteiger partial charge in [-0.1, -0.05) is 0 Å². The van der Waals surface area contributed by atoms with Crippen molar-refractivity contribution < 1.29 is 9.84 Å². The molecule has 2 aromatic rings. The highest BCUT2D eigenvalue weighted by Gasteiger charge is 2.28. The Kier molecular flexibility index (Phi) is 5.02. The molecule has 0 bridgehead atoms. The van der Waals surface area contributed by atoms with E-state index in [4.69, 9.17) is 14.7 Å². The van der Waals surface area contributed by atoms with E-state index in [9.17, 15) is 5.11 Å². The molecule has 2 aliphatic heterocycles. The van der Waals surface area contributed by atoms with Crippen LogP contribution in [0.2, 0.25) is 0 Å². The molecule has 3 aliphatic rings. The third-order valence-corrected chi connectivity index (χ3v) is 7.32. The van der Waals surface area contributed by atoms with Gasteiger partial charge < -0.3 is 14.7 Å². The van der Waals surface area contributed by atoms with Crippen molar-refractivity contribution in [2.45, 2.75) is 38.6 Å². The number of rotatable bonds is 4. The number of ether oxygens (including phenoxy) is 1. The minimum atomic E-state index is 0.271. The Bertz CT molecular complexity index is 818. The summed E-state index contributed by atoms with van der Waals surface area (Å²) < 4.78 is 5.48. The van der Waals surface area contributed by atoms with Gasteiger partial charge >= 0.3 is 0 Å². The minimum Gasteiger partial charge on any atom is -0.396 e. The molecule has 5 rings (SSSR count). The van der Waals surface area contributed by atoms with Crippen molar-refractivity contribution in [3.63, 3.8) is 0 Å². The predicted octanol–water partition coefficient (Wildman–Crippen LogP) is 2.22. The van der Waals surface area contributed by atoms with Crippen LogP contribution in [0.15, 0.2) is 0 Å². The van der Waals surface area contributed by atoms with E-state index in [1.54, 1.807) is 0 Å². The van der Waals surface area contributed by atoms with Crippen LogP contribution in [0.1, 0.15) is 35.5 Å². The van der Waals surface area contributed by atoms with Gasteiger partial charge in [-0.3, -0.25) is 4.90 Å². The number of hydrogen-bond donors (Lipinski definition) is 1. The van der Waals surface area contributed by atoms with Crippen LogP contribution in [0.5, 0.6) is 0 Å². The lowest BCUT2D eigenvalue weighted by atomic mass is 9.98. The van der Waals surface area contributed by atoms with Crippen LogP contribution in [0.3, 0.4) is 0 Å². The zero-order valence-electron chi connectivity index (χ0n) is 15.8. The fraction of sp³-hybridized carbons (Fsp3) is 0.700. The molecule has 1 N–H and O–H groups in total. The fourth-order valence-electron chi connectivity index (χ4n) is 4.68. The molecule has 0 radical (unpaired) electrons. The Morgan fingerprint density at radius 3 is 2.85 bits per heavy atom. The average molecular weight is 389 g/mol. The van der Waals surface area contributed by atoms with Gasteiger partial charge in [-0.2, -0.15) is 0 Å². The predicted molar refractivity (Wildman–Crippen MR) is 108 cm³/mol. The van der Waals surface area contributed by atoms with Crippen LogP contribution in [-0.4, -0.2) is 66.0 Å². The van der Waals surface area contributed by atoms with Crippen LogP contribution in [-0.2, 0) is 24.1 Å². The van der Waals surface area contributed by atoms with E-state index in [0.717, 1.165) is 76.8 Å². The van der Waals surface area contributed by atoms with Crippen LogP contribution in [0, 0.1) is 5.92 Å². The molecule has 0 aromatic carbocycles. The Balaban J connectivity index is 1.53. The highest BCUT2D eigenvalue weighted by atomic mass is 32.1. The van der Waals surface area contributed by atoms with Gasteiger partial charge in [-0.25, -0.2) is 9.97 Å². The summed E-state index contributed by atoms with van der Waals surface area (Å²) in [7, 11) is 0. The van der Waals surface area contributed by atoms with Gasteiger partial charge in [0.1, 0.15) is 16.5 Å². The smallest absolute Gasteiger partial charge is 0.146 e. The fourth-order valence-corrected chi connectivity index (χ4v) is 5.96. The Labute approximate surface area is 164 Å². The molecule has 2 saturated heterocycles. The number of fused-ring (bicyclic) bond motifs is 3.